The Morgan fingerprint density at radius 1 is 1.61 bits per heavy atom. The average Bonchev–Trinajstić information content (AvgIpc) is 2.90. The van der Waals surface area contributed by atoms with Crippen molar-refractivity contribution in [3.63, 3.8) is 0 Å². The average molecular weight is 244 g/mol. The van der Waals surface area contributed by atoms with Crippen LogP contribution in [0, 0.1) is 0 Å². The van der Waals surface area contributed by atoms with Gasteiger partial charge in [-0.05, 0) is 37.5 Å². The lowest BCUT2D eigenvalue weighted by Crippen LogP contribution is -2.27. The lowest BCUT2D eigenvalue weighted by atomic mass is 10.1. The van der Waals surface area contributed by atoms with Crippen molar-refractivity contribution in [2.45, 2.75) is 31.8 Å². The van der Waals surface area contributed by atoms with E-state index in [-0.39, 0.29) is 5.54 Å². The maximum absolute atomic E-state index is 11.3. The van der Waals surface area contributed by atoms with E-state index in [4.69, 9.17) is 5.73 Å². The SMILES string of the molecule is CC1(NCc2cc(C(N)=O)nc3cc[nH]c23)CC1. The van der Waals surface area contributed by atoms with Crippen LogP contribution in [0.3, 0.4) is 0 Å². The lowest BCUT2D eigenvalue weighted by molar-refractivity contribution is 0.0996. The van der Waals surface area contributed by atoms with Gasteiger partial charge >= 0.3 is 0 Å². The van der Waals surface area contributed by atoms with Crippen molar-refractivity contribution in [1.29, 1.82) is 0 Å². The molecule has 0 radical (unpaired) electrons. The van der Waals surface area contributed by atoms with Crippen LogP contribution < -0.4 is 11.1 Å². The number of aromatic amines is 1. The highest BCUT2D eigenvalue weighted by Gasteiger charge is 2.36. The van der Waals surface area contributed by atoms with Crippen LogP contribution in [0.5, 0.6) is 0 Å². The zero-order chi connectivity index (χ0) is 12.8. The fourth-order valence-electron chi connectivity index (χ4n) is 2.05. The summed E-state index contributed by atoms with van der Waals surface area (Å²) in [6.07, 6.45) is 4.23. The lowest BCUT2D eigenvalue weighted by Gasteiger charge is -2.12. The smallest absolute Gasteiger partial charge is 0.267 e. The van der Waals surface area contributed by atoms with Crippen LogP contribution >= 0.6 is 0 Å². The van der Waals surface area contributed by atoms with E-state index in [0.717, 1.165) is 23.1 Å². The summed E-state index contributed by atoms with van der Waals surface area (Å²) in [5.74, 6) is -0.489. The van der Waals surface area contributed by atoms with Crippen LogP contribution in [-0.2, 0) is 6.54 Å². The Labute approximate surface area is 105 Å². The van der Waals surface area contributed by atoms with Crippen LogP contribution in [0.4, 0.5) is 0 Å². The first-order valence-corrected chi connectivity index (χ1v) is 6.09. The zero-order valence-electron chi connectivity index (χ0n) is 10.3. The minimum Gasteiger partial charge on any atom is -0.364 e. The summed E-state index contributed by atoms with van der Waals surface area (Å²) in [7, 11) is 0. The Morgan fingerprint density at radius 3 is 3.06 bits per heavy atom. The predicted molar refractivity (Wildman–Crippen MR) is 69.1 cm³/mol. The number of H-pyrrole nitrogens is 1. The standard InChI is InChI=1S/C13H16N4O/c1-13(3-4-13)16-7-8-6-10(12(14)18)17-9-2-5-15-11(8)9/h2,5-6,15-16H,3-4,7H2,1H3,(H2,14,18). The number of rotatable bonds is 4. The Bertz CT molecular complexity index is 612. The van der Waals surface area contributed by atoms with Gasteiger partial charge in [0.05, 0.1) is 11.0 Å². The van der Waals surface area contributed by atoms with Crippen LogP contribution in [0.1, 0.15) is 35.8 Å². The van der Waals surface area contributed by atoms with Gasteiger partial charge in [-0.25, -0.2) is 4.98 Å². The van der Waals surface area contributed by atoms with Gasteiger partial charge in [-0.3, -0.25) is 4.79 Å². The zero-order valence-corrected chi connectivity index (χ0v) is 10.3. The van der Waals surface area contributed by atoms with Gasteiger partial charge in [0.25, 0.3) is 5.91 Å². The molecule has 5 nitrogen and oxygen atoms in total. The third-order valence-electron chi connectivity index (χ3n) is 3.56. The number of nitrogens with one attached hydrogen (secondary N) is 2. The number of amides is 1. The van der Waals surface area contributed by atoms with Gasteiger partial charge < -0.3 is 16.0 Å². The molecule has 0 spiro atoms. The fraction of sp³-hybridized carbons (Fsp3) is 0.385. The van der Waals surface area contributed by atoms with E-state index in [1.54, 1.807) is 6.07 Å². The predicted octanol–water partition coefficient (Wildman–Crippen LogP) is 1.30. The first-order valence-electron chi connectivity index (χ1n) is 6.09. The van der Waals surface area contributed by atoms with Crippen molar-refractivity contribution >= 4 is 16.9 Å². The number of carbonyl (C=O) groups is 1. The first kappa shape index (κ1) is 11.2. The number of primary amides is 1. The molecule has 1 amide bonds. The van der Waals surface area contributed by atoms with E-state index >= 15 is 0 Å². The molecule has 1 aliphatic carbocycles. The third-order valence-corrected chi connectivity index (χ3v) is 3.56. The summed E-state index contributed by atoms with van der Waals surface area (Å²) in [5.41, 5.74) is 8.67. The summed E-state index contributed by atoms with van der Waals surface area (Å²) in [6.45, 7) is 2.92. The molecule has 5 heteroatoms. The molecule has 2 aromatic rings. The summed E-state index contributed by atoms with van der Waals surface area (Å²) >= 11 is 0. The minimum atomic E-state index is -0.489. The second-order valence-electron chi connectivity index (χ2n) is 5.18. The molecule has 2 aromatic heterocycles. The minimum absolute atomic E-state index is 0.259. The molecular formula is C13H16N4O. The molecule has 18 heavy (non-hydrogen) atoms. The molecular weight excluding hydrogens is 228 g/mol. The Hall–Kier alpha value is -1.88. The van der Waals surface area contributed by atoms with Crippen LogP contribution in [0.25, 0.3) is 11.0 Å². The first-order chi connectivity index (χ1) is 8.57. The maximum atomic E-state index is 11.3. The van der Waals surface area contributed by atoms with Gasteiger partial charge in [0.15, 0.2) is 0 Å². The second kappa shape index (κ2) is 3.81. The summed E-state index contributed by atoms with van der Waals surface area (Å²) in [5, 5.41) is 3.50. The number of fused-ring (bicyclic) bond motifs is 1. The molecule has 1 aliphatic rings. The van der Waals surface area contributed by atoms with Crippen molar-refractivity contribution in [3.05, 3.63) is 29.6 Å². The molecule has 0 atom stereocenters. The van der Waals surface area contributed by atoms with Crippen LogP contribution in [0.2, 0.25) is 0 Å². The fourth-order valence-corrected chi connectivity index (χ4v) is 2.05. The quantitative estimate of drug-likeness (QED) is 0.758. The van der Waals surface area contributed by atoms with E-state index in [1.807, 2.05) is 12.3 Å². The van der Waals surface area contributed by atoms with E-state index in [2.05, 4.69) is 22.2 Å². The Kier molecular flexibility index (Phi) is 2.38. The van der Waals surface area contributed by atoms with Crippen LogP contribution in [-0.4, -0.2) is 21.4 Å². The molecule has 0 saturated heterocycles. The summed E-state index contributed by atoms with van der Waals surface area (Å²) in [6, 6.07) is 3.62. The Morgan fingerprint density at radius 2 is 2.39 bits per heavy atom. The number of carbonyl (C=O) groups excluding carboxylic acids is 1. The van der Waals surface area contributed by atoms with E-state index in [1.165, 1.54) is 12.8 Å². The molecule has 0 aliphatic heterocycles. The molecule has 0 aromatic carbocycles. The van der Waals surface area contributed by atoms with Gasteiger partial charge in [0.2, 0.25) is 0 Å². The van der Waals surface area contributed by atoms with Gasteiger partial charge in [-0.15, -0.1) is 0 Å². The van der Waals surface area contributed by atoms with Crippen LogP contribution in [0.15, 0.2) is 18.3 Å². The van der Waals surface area contributed by atoms with Crippen molar-refractivity contribution in [3.8, 4) is 0 Å². The molecule has 2 heterocycles. The highest BCUT2D eigenvalue weighted by molar-refractivity contribution is 5.94. The molecule has 94 valence electrons. The van der Waals surface area contributed by atoms with Crippen molar-refractivity contribution in [2.75, 3.05) is 0 Å². The Balaban J connectivity index is 1.96. The molecule has 0 bridgehead atoms. The topological polar surface area (TPSA) is 83.8 Å². The number of hydrogen-bond donors (Lipinski definition) is 3. The van der Waals surface area contributed by atoms with Crippen molar-refractivity contribution < 1.29 is 4.79 Å². The van der Waals surface area contributed by atoms with Gasteiger partial charge in [-0.1, -0.05) is 0 Å². The summed E-state index contributed by atoms with van der Waals surface area (Å²) in [4.78, 5) is 18.6. The highest BCUT2D eigenvalue weighted by atomic mass is 16.1. The molecule has 3 rings (SSSR count). The highest BCUT2D eigenvalue weighted by Crippen LogP contribution is 2.34. The summed E-state index contributed by atoms with van der Waals surface area (Å²) < 4.78 is 0. The molecule has 1 fully saturated rings. The number of nitrogens with two attached hydrogens (primary N) is 1. The molecule has 0 unspecified atom stereocenters. The number of hydrogen-bond acceptors (Lipinski definition) is 3. The maximum Gasteiger partial charge on any atom is 0.267 e. The normalized spacial score (nSPS) is 16.9. The van der Waals surface area contributed by atoms with Gasteiger partial charge in [0.1, 0.15) is 5.69 Å². The largest absolute Gasteiger partial charge is 0.364 e. The van der Waals surface area contributed by atoms with E-state index in [0.29, 0.717) is 5.69 Å². The van der Waals surface area contributed by atoms with E-state index < -0.39 is 5.91 Å². The second-order valence-corrected chi connectivity index (χ2v) is 5.18. The van der Waals surface area contributed by atoms with Gasteiger partial charge in [-0.2, -0.15) is 0 Å². The van der Waals surface area contributed by atoms with E-state index in [9.17, 15) is 4.79 Å². The van der Waals surface area contributed by atoms with Crippen molar-refractivity contribution in [1.82, 2.24) is 15.3 Å². The molecule has 1 saturated carbocycles. The van der Waals surface area contributed by atoms with Gasteiger partial charge in [0, 0.05) is 18.3 Å². The third kappa shape index (κ3) is 1.97. The molecule has 4 N–H and O–H groups in total. The monoisotopic (exact) mass is 244 g/mol. The number of pyridine rings is 1. The number of nitrogens with zero attached hydrogens (tertiary/aromatic N) is 1. The van der Waals surface area contributed by atoms with Crippen molar-refractivity contribution in [2.24, 2.45) is 5.73 Å². The number of aromatic nitrogens is 2.